The van der Waals surface area contributed by atoms with E-state index in [-0.39, 0.29) is 5.75 Å². The molecule has 6 heteroatoms. The number of hydrogen-bond acceptors (Lipinski definition) is 3. The van der Waals surface area contributed by atoms with Gasteiger partial charge in [0, 0.05) is 17.1 Å². The highest BCUT2D eigenvalue weighted by molar-refractivity contribution is 9.10. The summed E-state index contributed by atoms with van der Waals surface area (Å²) in [5.41, 5.74) is 1.53. The fraction of sp³-hybridized carbons (Fsp3) is 0.143. The van der Waals surface area contributed by atoms with Crippen LogP contribution in [0.2, 0.25) is 5.02 Å². The zero-order valence-electron chi connectivity index (χ0n) is 10.6. The Morgan fingerprint density at radius 1 is 1.25 bits per heavy atom. The number of phenols is 1. The summed E-state index contributed by atoms with van der Waals surface area (Å²) in [6.07, 6.45) is 0. The van der Waals surface area contributed by atoms with Gasteiger partial charge in [0.2, 0.25) is 0 Å². The monoisotopic (exact) mass is 419 g/mol. The van der Waals surface area contributed by atoms with Crippen LogP contribution in [0.25, 0.3) is 0 Å². The summed E-state index contributed by atoms with van der Waals surface area (Å²) in [6.45, 7) is 0.453. The van der Waals surface area contributed by atoms with Gasteiger partial charge in [0.1, 0.15) is 5.75 Å². The van der Waals surface area contributed by atoms with Crippen molar-refractivity contribution in [3.8, 4) is 11.5 Å². The Hall–Kier alpha value is -0.910. The molecule has 3 nitrogen and oxygen atoms in total. The van der Waals surface area contributed by atoms with Gasteiger partial charge in [-0.05, 0) is 50.1 Å². The molecule has 0 heterocycles. The summed E-state index contributed by atoms with van der Waals surface area (Å²) in [7, 11) is 1.59. The van der Waals surface area contributed by atoms with E-state index >= 15 is 0 Å². The molecule has 0 saturated carbocycles. The lowest BCUT2D eigenvalue weighted by Crippen LogP contribution is -2.02. The molecular weight excluding hydrogens is 409 g/mol. The van der Waals surface area contributed by atoms with Crippen molar-refractivity contribution >= 4 is 49.1 Å². The Labute approximate surface area is 139 Å². The van der Waals surface area contributed by atoms with Crippen molar-refractivity contribution in [1.29, 1.82) is 0 Å². The second-order valence-corrected chi connectivity index (χ2v) is 6.21. The van der Waals surface area contributed by atoms with E-state index in [9.17, 15) is 5.11 Å². The summed E-state index contributed by atoms with van der Waals surface area (Å²) in [4.78, 5) is 0. The standard InChI is InChI=1S/C14H12Br2ClNO2/c1-20-14-11(16)5-9(17)6-12(14)18-7-8-3-2-4-10(15)13(8)19/h2-6,18-19H,7H2,1H3. The van der Waals surface area contributed by atoms with Crippen molar-refractivity contribution in [2.45, 2.75) is 6.54 Å². The molecule has 20 heavy (non-hydrogen) atoms. The van der Waals surface area contributed by atoms with Gasteiger partial charge in [-0.3, -0.25) is 0 Å². The first-order chi connectivity index (χ1) is 9.52. The fourth-order valence-electron chi connectivity index (χ4n) is 1.79. The molecule has 106 valence electrons. The van der Waals surface area contributed by atoms with Crippen LogP contribution >= 0.6 is 43.5 Å². The lowest BCUT2D eigenvalue weighted by molar-refractivity contribution is 0.413. The van der Waals surface area contributed by atoms with Crippen LogP contribution in [0.5, 0.6) is 11.5 Å². The Morgan fingerprint density at radius 2 is 2.00 bits per heavy atom. The van der Waals surface area contributed by atoms with Crippen LogP contribution in [-0.2, 0) is 6.54 Å². The number of phenolic OH excluding ortho intramolecular Hbond substituents is 1. The largest absolute Gasteiger partial charge is 0.506 e. The SMILES string of the molecule is COc1c(Br)cc(Cl)cc1NCc1cccc(Br)c1O. The van der Waals surface area contributed by atoms with Gasteiger partial charge in [-0.2, -0.15) is 0 Å². The third kappa shape index (κ3) is 3.40. The first kappa shape index (κ1) is 15.5. The molecule has 0 atom stereocenters. The smallest absolute Gasteiger partial charge is 0.156 e. The average Bonchev–Trinajstić information content (AvgIpc) is 2.40. The molecule has 0 saturated heterocycles. The van der Waals surface area contributed by atoms with Crippen molar-refractivity contribution in [2.24, 2.45) is 0 Å². The van der Waals surface area contributed by atoms with Crippen LogP contribution in [0, 0.1) is 0 Å². The van der Waals surface area contributed by atoms with Crippen molar-refractivity contribution in [3.05, 3.63) is 49.9 Å². The molecule has 2 aromatic rings. The number of para-hydroxylation sites is 1. The lowest BCUT2D eigenvalue weighted by Gasteiger charge is -2.14. The first-order valence-electron chi connectivity index (χ1n) is 5.76. The highest BCUT2D eigenvalue weighted by atomic mass is 79.9. The Balaban J connectivity index is 2.25. The second-order valence-electron chi connectivity index (χ2n) is 4.07. The number of nitrogens with one attached hydrogen (secondary N) is 1. The summed E-state index contributed by atoms with van der Waals surface area (Å²) < 4.78 is 6.77. The van der Waals surface area contributed by atoms with E-state index in [0.29, 0.717) is 21.8 Å². The molecule has 0 fully saturated rings. The van der Waals surface area contributed by atoms with Gasteiger partial charge in [-0.15, -0.1) is 0 Å². The predicted molar refractivity (Wildman–Crippen MR) is 88.8 cm³/mol. The van der Waals surface area contributed by atoms with Crippen LogP contribution in [0.3, 0.4) is 0 Å². The Morgan fingerprint density at radius 3 is 2.70 bits per heavy atom. The number of benzene rings is 2. The van der Waals surface area contributed by atoms with Crippen LogP contribution in [0.1, 0.15) is 5.56 Å². The van der Waals surface area contributed by atoms with E-state index in [0.717, 1.165) is 15.7 Å². The van der Waals surface area contributed by atoms with E-state index < -0.39 is 0 Å². The maximum Gasteiger partial charge on any atom is 0.156 e. The third-order valence-electron chi connectivity index (χ3n) is 2.75. The Kier molecular flexibility index (Phi) is 5.18. The van der Waals surface area contributed by atoms with E-state index in [2.05, 4.69) is 37.2 Å². The molecule has 0 aliphatic carbocycles. The molecule has 2 N–H and O–H groups in total. The molecule has 0 aliphatic heterocycles. The van der Waals surface area contributed by atoms with Crippen LogP contribution in [0.15, 0.2) is 39.3 Å². The van der Waals surface area contributed by atoms with E-state index in [1.807, 2.05) is 12.1 Å². The molecule has 2 aromatic carbocycles. The molecule has 0 unspecified atom stereocenters. The van der Waals surface area contributed by atoms with Gasteiger partial charge in [0.15, 0.2) is 5.75 Å². The zero-order chi connectivity index (χ0) is 14.7. The van der Waals surface area contributed by atoms with E-state index in [4.69, 9.17) is 16.3 Å². The van der Waals surface area contributed by atoms with Gasteiger partial charge < -0.3 is 15.2 Å². The summed E-state index contributed by atoms with van der Waals surface area (Å²) >= 11 is 12.7. The maximum absolute atomic E-state index is 9.96. The van der Waals surface area contributed by atoms with Gasteiger partial charge in [-0.1, -0.05) is 23.7 Å². The van der Waals surface area contributed by atoms with Gasteiger partial charge >= 0.3 is 0 Å². The van der Waals surface area contributed by atoms with Crippen LogP contribution in [-0.4, -0.2) is 12.2 Å². The van der Waals surface area contributed by atoms with Gasteiger partial charge in [0.25, 0.3) is 0 Å². The number of methoxy groups -OCH3 is 1. The number of hydrogen-bond donors (Lipinski definition) is 2. The number of rotatable bonds is 4. The Bertz CT molecular complexity index is 635. The molecule has 0 aromatic heterocycles. The third-order valence-corrected chi connectivity index (χ3v) is 4.20. The summed E-state index contributed by atoms with van der Waals surface area (Å²) in [5.74, 6) is 0.893. The zero-order valence-corrected chi connectivity index (χ0v) is 14.5. The molecule has 0 spiro atoms. The van der Waals surface area contributed by atoms with Gasteiger partial charge in [0.05, 0.1) is 21.7 Å². The normalized spacial score (nSPS) is 10.4. The summed E-state index contributed by atoms with van der Waals surface area (Å²) in [5, 5.41) is 13.8. The predicted octanol–water partition coefficient (Wildman–Crippen LogP) is 5.19. The average molecular weight is 422 g/mol. The number of ether oxygens (including phenoxy) is 1. The minimum Gasteiger partial charge on any atom is -0.506 e. The van der Waals surface area contributed by atoms with Gasteiger partial charge in [-0.25, -0.2) is 0 Å². The van der Waals surface area contributed by atoms with Crippen molar-refractivity contribution < 1.29 is 9.84 Å². The van der Waals surface area contributed by atoms with E-state index in [1.54, 1.807) is 25.3 Å². The molecule has 0 aliphatic rings. The topological polar surface area (TPSA) is 41.5 Å². The number of anilines is 1. The first-order valence-corrected chi connectivity index (χ1v) is 7.72. The quantitative estimate of drug-likeness (QED) is 0.714. The molecule has 0 amide bonds. The molecule has 0 radical (unpaired) electrons. The van der Waals surface area contributed by atoms with E-state index in [1.165, 1.54) is 0 Å². The number of halogens is 3. The van der Waals surface area contributed by atoms with Crippen LogP contribution < -0.4 is 10.1 Å². The molecular formula is C14H12Br2ClNO2. The highest BCUT2D eigenvalue weighted by Gasteiger charge is 2.10. The second kappa shape index (κ2) is 6.70. The highest BCUT2D eigenvalue weighted by Crippen LogP contribution is 2.37. The maximum atomic E-state index is 9.96. The molecule has 0 bridgehead atoms. The van der Waals surface area contributed by atoms with Crippen LogP contribution in [0.4, 0.5) is 5.69 Å². The number of aromatic hydroxyl groups is 1. The lowest BCUT2D eigenvalue weighted by atomic mass is 10.2. The molecule has 2 rings (SSSR count). The minimum atomic E-state index is 0.222. The van der Waals surface area contributed by atoms with Crippen molar-refractivity contribution in [2.75, 3.05) is 12.4 Å². The van der Waals surface area contributed by atoms with Crippen molar-refractivity contribution in [1.82, 2.24) is 0 Å². The summed E-state index contributed by atoms with van der Waals surface area (Å²) in [6, 6.07) is 9.04. The fourth-order valence-corrected chi connectivity index (χ4v) is 3.17. The minimum absolute atomic E-state index is 0.222. The van der Waals surface area contributed by atoms with Crippen molar-refractivity contribution in [3.63, 3.8) is 0 Å².